The zero-order valence-electron chi connectivity index (χ0n) is 28.3. The van der Waals surface area contributed by atoms with Crippen molar-refractivity contribution in [1.82, 2.24) is 24.5 Å². The Hall–Kier alpha value is -5.52. The second kappa shape index (κ2) is 16.0. The molecule has 0 bridgehead atoms. The summed E-state index contributed by atoms with van der Waals surface area (Å²) in [5.74, 6) is 0.168. The zero-order chi connectivity index (χ0) is 35.8. The maximum absolute atomic E-state index is 13.7. The molecule has 1 aliphatic rings. The summed E-state index contributed by atoms with van der Waals surface area (Å²) in [5.41, 5.74) is 4.33. The van der Waals surface area contributed by atoms with Crippen molar-refractivity contribution < 1.29 is 27.0 Å². The van der Waals surface area contributed by atoms with E-state index in [0.717, 1.165) is 30.8 Å². The number of hydrogen-bond acceptors (Lipinski definition) is 7. The van der Waals surface area contributed by atoms with Gasteiger partial charge in [0.05, 0.1) is 26.1 Å². The summed E-state index contributed by atoms with van der Waals surface area (Å²) >= 11 is 0. The molecule has 1 unspecified atom stereocenters. The van der Waals surface area contributed by atoms with Gasteiger partial charge in [-0.25, -0.2) is 19.3 Å². The third kappa shape index (κ3) is 8.62. The molecule has 3 aromatic carbocycles. The van der Waals surface area contributed by atoms with E-state index < -0.39 is 17.8 Å². The van der Waals surface area contributed by atoms with Crippen LogP contribution in [0.5, 0.6) is 11.5 Å². The van der Waals surface area contributed by atoms with Gasteiger partial charge in [-0.15, -0.1) is 0 Å². The van der Waals surface area contributed by atoms with E-state index in [4.69, 9.17) is 9.47 Å². The number of alkyl halides is 3. The number of ether oxygens (including phenoxy) is 2. The van der Waals surface area contributed by atoms with Crippen LogP contribution >= 0.6 is 0 Å². The number of methoxy groups -OCH3 is 1. The topological polar surface area (TPSA) is 87.0 Å². The molecule has 0 spiro atoms. The Kier molecular flexibility index (Phi) is 11.1. The Bertz CT molecular complexity index is 2030. The van der Waals surface area contributed by atoms with E-state index in [2.05, 4.69) is 79.9 Å². The van der Waals surface area contributed by atoms with Crippen molar-refractivity contribution in [1.29, 1.82) is 0 Å². The van der Waals surface area contributed by atoms with Gasteiger partial charge in [0.25, 0.3) is 0 Å². The highest BCUT2D eigenvalue weighted by atomic mass is 19.4. The number of nitrogens with zero attached hydrogens (tertiary/aromatic N) is 5. The zero-order valence-corrected chi connectivity index (χ0v) is 28.3. The van der Waals surface area contributed by atoms with Crippen LogP contribution in [0.15, 0.2) is 104 Å². The summed E-state index contributed by atoms with van der Waals surface area (Å²) in [6.07, 6.45) is 6.34. The number of pyridine rings is 1. The van der Waals surface area contributed by atoms with E-state index in [9.17, 15) is 17.6 Å². The fourth-order valence-electron chi connectivity index (χ4n) is 6.23. The van der Waals surface area contributed by atoms with Crippen LogP contribution in [0.2, 0.25) is 0 Å². The molecule has 0 amide bonds. The highest BCUT2D eigenvalue weighted by Gasteiger charge is 2.36. The molecular weight excluding hydrogens is 660 g/mol. The number of nitrogens with one attached hydrogen (secondary N) is 1. The first-order valence-corrected chi connectivity index (χ1v) is 16.7. The summed E-state index contributed by atoms with van der Waals surface area (Å²) in [7, 11) is 3.15. The Labute approximate surface area is 293 Å². The maximum atomic E-state index is 13.7. The lowest BCUT2D eigenvalue weighted by atomic mass is 9.86. The van der Waals surface area contributed by atoms with Crippen LogP contribution in [0.25, 0.3) is 11.2 Å². The smallest absolute Gasteiger partial charge is 0.451 e. The number of fused-ring (bicyclic) bond motifs is 1. The van der Waals surface area contributed by atoms with E-state index in [0.29, 0.717) is 11.7 Å². The molecular formula is C39H38F4N6O2. The van der Waals surface area contributed by atoms with Gasteiger partial charge in [0.1, 0.15) is 11.3 Å². The molecule has 3 heterocycles. The molecule has 0 saturated heterocycles. The highest BCUT2D eigenvalue weighted by molar-refractivity contribution is 5.83. The number of aromatic nitrogens is 5. The Morgan fingerprint density at radius 1 is 0.882 bits per heavy atom. The number of hydrogen-bond donors (Lipinski definition) is 1. The standard InChI is InChI=1S/C25H27NO2.C14H11F4N5/c1-27-24-12-11-21(18-25(24)28-22-9-5-6-10-22)23(20-7-3-2-4-8-20)17-19-13-15-26-16-14-19;1-19-11-10-12(22-13(21-11)14(16,17)18)23(7-20-10)6-8-4-2-3-5-9(8)15/h2-4,7-8,11-16,18,22-23H,5-6,9-10,17H2,1H3;2-5,7H,6H2,1H3,(H,19,21,22). The summed E-state index contributed by atoms with van der Waals surface area (Å²) in [6, 6.07) is 27.3. The minimum absolute atomic E-state index is 0.0140. The van der Waals surface area contributed by atoms with Gasteiger partial charge < -0.3 is 19.4 Å². The van der Waals surface area contributed by atoms with Crippen molar-refractivity contribution in [2.45, 2.75) is 56.8 Å². The van der Waals surface area contributed by atoms with Crippen molar-refractivity contribution in [2.24, 2.45) is 0 Å². The van der Waals surface area contributed by atoms with Gasteiger partial charge in [-0.05, 0) is 79.1 Å². The molecule has 7 rings (SSSR count). The summed E-state index contributed by atoms with van der Waals surface area (Å²) in [4.78, 5) is 15.2. The minimum Gasteiger partial charge on any atom is -0.493 e. The van der Waals surface area contributed by atoms with Crippen molar-refractivity contribution in [2.75, 3.05) is 19.5 Å². The lowest BCUT2D eigenvalue weighted by molar-refractivity contribution is -0.144. The summed E-state index contributed by atoms with van der Waals surface area (Å²) in [6.45, 7) is 0.0145. The van der Waals surface area contributed by atoms with Gasteiger partial charge in [0, 0.05) is 30.9 Å². The first kappa shape index (κ1) is 35.3. The van der Waals surface area contributed by atoms with Gasteiger partial charge >= 0.3 is 6.18 Å². The fraction of sp³-hybridized carbons (Fsp3) is 0.282. The molecule has 1 saturated carbocycles. The Morgan fingerprint density at radius 2 is 1.61 bits per heavy atom. The van der Waals surface area contributed by atoms with Crippen LogP contribution < -0.4 is 14.8 Å². The van der Waals surface area contributed by atoms with Crippen molar-refractivity contribution in [3.05, 3.63) is 138 Å². The van der Waals surface area contributed by atoms with Gasteiger partial charge in [0.2, 0.25) is 5.82 Å². The van der Waals surface area contributed by atoms with Crippen molar-refractivity contribution in [3.63, 3.8) is 0 Å². The summed E-state index contributed by atoms with van der Waals surface area (Å²) in [5, 5.41) is 2.57. The normalized spacial score (nSPS) is 13.8. The molecule has 264 valence electrons. The molecule has 6 aromatic rings. The van der Waals surface area contributed by atoms with Gasteiger partial charge in [-0.2, -0.15) is 13.2 Å². The fourth-order valence-corrected chi connectivity index (χ4v) is 6.23. The molecule has 51 heavy (non-hydrogen) atoms. The first-order valence-electron chi connectivity index (χ1n) is 16.7. The number of anilines is 1. The van der Waals surface area contributed by atoms with E-state index in [1.54, 1.807) is 19.2 Å². The van der Waals surface area contributed by atoms with Crippen LogP contribution in [-0.2, 0) is 19.1 Å². The quantitative estimate of drug-likeness (QED) is 0.143. The molecule has 12 heteroatoms. The molecule has 8 nitrogen and oxygen atoms in total. The predicted octanol–water partition coefficient (Wildman–Crippen LogP) is 8.86. The van der Waals surface area contributed by atoms with Crippen LogP contribution in [-0.4, -0.2) is 44.8 Å². The van der Waals surface area contributed by atoms with Crippen molar-refractivity contribution >= 4 is 17.0 Å². The number of benzene rings is 3. The van der Waals surface area contributed by atoms with Crippen molar-refractivity contribution in [3.8, 4) is 11.5 Å². The average molecular weight is 699 g/mol. The maximum Gasteiger partial charge on any atom is 0.451 e. The average Bonchev–Trinajstić information content (AvgIpc) is 3.82. The van der Waals surface area contributed by atoms with Crippen LogP contribution in [0.3, 0.4) is 0 Å². The molecule has 1 fully saturated rings. The van der Waals surface area contributed by atoms with Gasteiger partial charge in [-0.3, -0.25) is 4.98 Å². The molecule has 0 aliphatic heterocycles. The van der Waals surface area contributed by atoms with Crippen LogP contribution in [0, 0.1) is 5.82 Å². The Balaban J connectivity index is 0.000000179. The number of halogens is 4. The van der Waals surface area contributed by atoms with E-state index in [1.165, 1.54) is 59.6 Å². The lowest BCUT2D eigenvalue weighted by Gasteiger charge is -2.22. The minimum atomic E-state index is -4.69. The van der Waals surface area contributed by atoms with Gasteiger partial charge in [0.15, 0.2) is 23.0 Å². The lowest BCUT2D eigenvalue weighted by Crippen LogP contribution is -2.14. The van der Waals surface area contributed by atoms with Gasteiger partial charge in [-0.1, -0.05) is 54.6 Å². The SMILES string of the molecule is CNc1nc(C(F)(F)F)nc2c1ncn2Cc1ccccc1F.COc1ccc(C(Cc2ccncc2)c2ccccc2)cc1OC1CCCC1. The van der Waals surface area contributed by atoms with Crippen LogP contribution in [0.1, 0.15) is 59.7 Å². The Morgan fingerprint density at radius 3 is 2.29 bits per heavy atom. The molecule has 1 N–H and O–H groups in total. The number of rotatable bonds is 10. The number of imidazole rings is 1. The second-order valence-corrected chi connectivity index (χ2v) is 12.2. The molecule has 1 aliphatic carbocycles. The summed E-state index contributed by atoms with van der Waals surface area (Å²) < 4.78 is 65.8. The monoisotopic (exact) mass is 698 g/mol. The third-order valence-corrected chi connectivity index (χ3v) is 8.83. The molecule has 0 radical (unpaired) electrons. The largest absolute Gasteiger partial charge is 0.493 e. The van der Waals surface area contributed by atoms with E-state index in [1.807, 2.05) is 18.5 Å². The second-order valence-electron chi connectivity index (χ2n) is 12.2. The predicted molar refractivity (Wildman–Crippen MR) is 187 cm³/mol. The van der Waals surface area contributed by atoms with E-state index >= 15 is 0 Å². The van der Waals surface area contributed by atoms with E-state index in [-0.39, 0.29) is 29.4 Å². The molecule has 3 aromatic heterocycles. The third-order valence-electron chi connectivity index (χ3n) is 8.83. The van der Waals surface area contributed by atoms with Crippen LogP contribution in [0.4, 0.5) is 23.4 Å². The first-order chi connectivity index (χ1) is 24.7. The molecule has 1 atom stereocenters. The highest BCUT2D eigenvalue weighted by Crippen LogP contribution is 2.37.